The Kier molecular flexibility index (Phi) is 6.61. The van der Waals surface area contributed by atoms with Gasteiger partial charge in [-0.3, -0.25) is 4.79 Å². The monoisotopic (exact) mass is 321 g/mol. The average molecular weight is 321 g/mol. The molecule has 5 heteroatoms. The number of ether oxygens (including phenoxy) is 2. The highest BCUT2D eigenvalue weighted by atomic mass is 16.6. The van der Waals surface area contributed by atoms with E-state index in [2.05, 4.69) is 5.32 Å². The molecule has 1 atom stereocenters. The first kappa shape index (κ1) is 19.0. The van der Waals surface area contributed by atoms with E-state index in [-0.39, 0.29) is 11.8 Å². The lowest BCUT2D eigenvalue weighted by Gasteiger charge is -2.25. The number of amides is 1. The van der Waals surface area contributed by atoms with Crippen molar-refractivity contribution in [2.75, 3.05) is 7.11 Å². The van der Waals surface area contributed by atoms with Crippen molar-refractivity contribution in [1.29, 1.82) is 0 Å². The van der Waals surface area contributed by atoms with Crippen LogP contribution in [-0.2, 0) is 9.53 Å². The molecule has 1 N–H and O–H groups in total. The number of rotatable bonds is 6. The molecule has 0 heterocycles. The van der Waals surface area contributed by atoms with Crippen molar-refractivity contribution in [1.82, 2.24) is 5.32 Å². The average Bonchev–Trinajstić information content (AvgIpc) is 2.44. The molecule has 128 valence electrons. The molecule has 0 saturated carbocycles. The van der Waals surface area contributed by atoms with Gasteiger partial charge in [0, 0.05) is 5.56 Å². The maximum absolute atomic E-state index is 12.3. The van der Waals surface area contributed by atoms with E-state index in [0.717, 1.165) is 0 Å². The first-order valence-corrected chi connectivity index (χ1v) is 7.80. The predicted octanol–water partition coefficient (Wildman–Crippen LogP) is 3.18. The number of carbonyl (C=O) groups excluding carboxylic acids is 2. The first-order chi connectivity index (χ1) is 10.6. The Labute approximate surface area is 138 Å². The lowest BCUT2D eigenvalue weighted by molar-refractivity contribution is -0.157. The summed E-state index contributed by atoms with van der Waals surface area (Å²) in [5.74, 6) is 0.216. The van der Waals surface area contributed by atoms with Crippen LogP contribution in [0.25, 0.3) is 0 Å². The number of hydrogen-bond acceptors (Lipinski definition) is 4. The Hall–Kier alpha value is -2.04. The van der Waals surface area contributed by atoms with Crippen LogP contribution in [0, 0.1) is 5.92 Å². The Morgan fingerprint density at radius 1 is 1.13 bits per heavy atom. The second-order valence-electron chi connectivity index (χ2n) is 6.92. The molecule has 0 spiro atoms. The molecule has 0 radical (unpaired) electrons. The lowest BCUT2D eigenvalue weighted by atomic mass is 10.0. The fourth-order valence-corrected chi connectivity index (χ4v) is 2.04. The second kappa shape index (κ2) is 7.99. The van der Waals surface area contributed by atoms with Crippen molar-refractivity contribution in [2.24, 2.45) is 5.92 Å². The molecular weight excluding hydrogens is 294 g/mol. The SMILES string of the molecule is COc1ccc(C(=O)N[C@@H](CC(C)C)C(=O)OC(C)(C)C)cc1. The molecule has 0 aromatic heterocycles. The van der Waals surface area contributed by atoms with Crippen LogP contribution in [0.1, 0.15) is 51.4 Å². The van der Waals surface area contributed by atoms with E-state index < -0.39 is 17.6 Å². The first-order valence-electron chi connectivity index (χ1n) is 7.80. The Morgan fingerprint density at radius 3 is 2.13 bits per heavy atom. The van der Waals surface area contributed by atoms with Crippen LogP contribution in [0.15, 0.2) is 24.3 Å². The van der Waals surface area contributed by atoms with Gasteiger partial charge in [0.1, 0.15) is 17.4 Å². The highest BCUT2D eigenvalue weighted by Crippen LogP contribution is 2.15. The molecule has 0 bridgehead atoms. The largest absolute Gasteiger partial charge is 0.497 e. The van der Waals surface area contributed by atoms with E-state index in [1.165, 1.54) is 0 Å². The van der Waals surface area contributed by atoms with Gasteiger partial charge in [-0.2, -0.15) is 0 Å². The van der Waals surface area contributed by atoms with Crippen molar-refractivity contribution in [3.8, 4) is 5.75 Å². The van der Waals surface area contributed by atoms with Crippen molar-refractivity contribution < 1.29 is 19.1 Å². The summed E-state index contributed by atoms with van der Waals surface area (Å²) < 4.78 is 10.5. The van der Waals surface area contributed by atoms with E-state index >= 15 is 0 Å². The van der Waals surface area contributed by atoms with Gasteiger partial charge >= 0.3 is 5.97 Å². The Bertz CT molecular complexity index is 529. The van der Waals surface area contributed by atoms with Crippen LogP contribution in [0.4, 0.5) is 0 Å². The van der Waals surface area contributed by atoms with Gasteiger partial charge in [-0.15, -0.1) is 0 Å². The molecule has 0 aliphatic heterocycles. The zero-order valence-corrected chi connectivity index (χ0v) is 14.8. The molecule has 1 amide bonds. The molecule has 0 saturated heterocycles. The minimum atomic E-state index is -0.663. The standard InChI is InChI=1S/C18H27NO4/c1-12(2)11-15(17(21)23-18(3,4)5)19-16(20)13-7-9-14(22-6)10-8-13/h7-10,12,15H,11H2,1-6H3,(H,19,20)/t15-/m0/s1. The quantitative estimate of drug-likeness (QED) is 0.817. The van der Waals surface area contributed by atoms with E-state index in [1.807, 2.05) is 34.6 Å². The molecule has 1 rings (SSSR count). The van der Waals surface area contributed by atoms with E-state index in [1.54, 1.807) is 31.4 Å². The highest BCUT2D eigenvalue weighted by Gasteiger charge is 2.27. The third kappa shape index (κ3) is 6.72. The van der Waals surface area contributed by atoms with Crippen LogP contribution >= 0.6 is 0 Å². The fraction of sp³-hybridized carbons (Fsp3) is 0.556. The van der Waals surface area contributed by atoms with E-state index in [9.17, 15) is 9.59 Å². The third-order valence-electron chi connectivity index (χ3n) is 3.06. The van der Waals surface area contributed by atoms with E-state index in [4.69, 9.17) is 9.47 Å². The molecule has 23 heavy (non-hydrogen) atoms. The van der Waals surface area contributed by atoms with Crippen molar-refractivity contribution in [3.05, 3.63) is 29.8 Å². The lowest BCUT2D eigenvalue weighted by Crippen LogP contribution is -2.44. The topological polar surface area (TPSA) is 64.6 Å². The summed E-state index contributed by atoms with van der Waals surface area (Å²) in [5, 5.41) is 2.77. The summed E-state index contributed by atoms with van der Waals surface area (Å²) in [4.78, 5) is 24.7. The maximum Gasteiger partial charge on any atom is 0.329 e. The van der Waals surface area contributed by atoms with Gasteiger partial charge in [0.05, 0.1) is 7.11 Å². The van der Waals surface area contributed by atoms with Crippen molar-refractivity contribution in [2.45, 2.75) is 52.7 Å². The molecule has 0 aliphatic carbocycles. The normalized spacial score (nSPS) is 12.7. The summed E-state index contributed by atoms with van der Waals surface area (Å²) in [7, 11) is 1.57. The van der Waals surface area contributed by atoms with E-state index in [0.29, 0.717) is 17.7 Å². The highest BCUT2D eigenvalue weighted by molar-refractivity contribution is 5.96. The molecule has 0 aliphatic rings. The summed E-state index contributed by atoms with van der Waals surface area (Å²) >= 11 is 0. The Morgan fingerprint density at radius 2 is 1.70 bits per heavy atom. The maximum atomic E-state index is 12.3. The molecule has 0 unspecified atom stereocenters. The molecule has 1 aromatic rings. The fourth-order valence-electron chi connectivity index (χ4n) is 2.04. The van der Waals surface area contributed by atoms with Crippen LogP contribution in [-0.4, -0.2) is 30.6 Å². The van der Waals surface area contributed by atoms with Gasteiger partial charge in [-0.05, 0) is 57.4 Å². The van der Waals surface area contributed by atoms with Crippen molar-refractivity contribution in [3.63, 3.8) is 0 Å². The third-order valence-corrected chi connectivity index (χ3v) is 3.06. The minimum Gasteiger partial charge on any atom is -0.497 e. The number of carbonyl (C=O) groups is 2. The molecule has 0 fully saturated rings. The summed E-state index contributed by atoms with van der Waals surface area (Å²) in [6.07, 6.45) is 0.525. The predicted molar refractivity (Wildman–Crippen MR) is 89.5 cm³/mol. The number of methoxy groups -OCH3 is 1. The van der Waals surface area contributed by atoms with Gasteiger partial charge in [0.15, 0.2) is 0 Å². The van der Waals surface area contributed by atoms with Crippen LogP contribution in [0.5, 0.6) is 5.75 Å². The summed E-state index contributed by atoms with van der Waals surface area (Å²) in [6, 6.07) is 6.08. The summed E-state index contributed by atoms with van der Waals surface area (Å²) in [6.45, 7) is 9.42. The second-order valence-corrected chi connectivity index (χ2v) is 6.92. The minimum absolute atomic E-state index is 0.253. The number of esters is 1. The van der Waals surface area contributed by atoms with Crippen molar-refractivity contribution >= 4 is 11.9 Å². The van der Waals surface area contributed by atoms with Gasteiger partial charge in [-0.1, -0.05) is 13.8 Å². The zero-order valence-electron chi connectivity index (χ0n) is 14.8. The zero-order chi connectivity index (χ0) is 17.6. The van der Waals surface area contributed by atoms with Gasteiger partial charge < -0.3 is 14.8 Å². The van der Waals surface area contributed by atoms with Crippen LogP contribution < -0.4 is 10.1 Å². The van der Waals surface area contributed by atoms with Crippen LogP contribution in [0.2, 0.25) is 0 Å². The van der Waals surface area contributed by atoms with Crippen LogP contribution in [0.3, 0.4) is 0 Å². The summed E-state index contributed by atoms with van der Waals surface area (Å²) in [5.41, 5.74) is -0.111. The molecule has 1 aromatic carbocycles. The molecular formula is C18H27NO4. The van der Waals surface area contributed by atoms with Gasteiger partial charge in [0.2, 0.25) is 0 Å². The smallest absolute Gasteiger partial charge is 0.329 e. The van der Waals surface area contributed by atoms with Gasteiger partial charge in [-0.25, -0.2) is 4.79 Å². The van der Waals surface area contributed by atoms with Gasteiger partial charge in [0.25, 0.3) is 5.91 Å². The number of benzene rings is 1. The number of hydrogen-bond donors (Lipinski definition) is 1. The molecule has 5 nitrogen and oxygen atoms in total. The Balaban J connectivity index is 2.82. The number of nitrogens with one attached hydrogen (secondary N) is 1.